The molecule has 0 saturated carbocycles. The second kappa shape index (κ2) is 5.79. The van der Waals surface area contributed by atoms with Crippen molar-refractivity contribution in [2.24, 2.45) is 0 Å². The molecule has 1 aromatic heterocycles. The van der Waals surface area contributed by atoms with E-state index in [0.29, 0.717) is 29.0 Å². The van der Waals surface area contributed by atoms with Gasteiger partial charge < -0.3 is 4.98 Å². The van der Waals surface area contributed by atoms with Crippen LogP contribution < -0.4 is 5.56 Å². The highest BCUT2D eigenvalue weighted by Crippen LogP contribution is 2.24. The minimum Gasteiger partial charge on any atom is -0.310 e. The van der Waals surface area contributed by atoms with Gasteiger partial charge in [0.25, 0.3) is 5.56 Å². The number of nitrogens with one attached hydrogen (secondary N) is 1. The van der Waals surface area contributed by atoms with Crippen LogP contribution in [0.2, 0.25) is 10.0 Å². The Labute approximate surface area is 132 Å². The predicted octanol–water partition coefficient (Wildman–Crippen LogP) is 2.94. The molecule has 1 aliphatic heterocycles. The molecule has 4 nitrogen and oxygen atoms in total. The molecule has 21 heavy (non-hydrogen) atoms. The fourth-order valence-electron chi connectivity index (χ4n) is 2.65. The minimum atomic E-state index is -0.0422. The van der Waals surface area contributed by atoms with E-state index < -0.39 is 0 Å². The number of nitrogens with zero attached hydrogens (tertiary/aromatic N) is 2. The van der Waals surface area contributed by atoms with Gasteiger partial charge in [0, 0.05) is 36.1 Å². The number of rotatable bonds is 2. The number of aromatic amines is 1. The van der Waals surface area contributed by atoms with Gasteiger partial charge in [-0.05, 0) is 30.7 Å². The molecule has 0 spiro atoms. The maximum atomic E-state index is 12.0. The van der Waals surface area contributed by atoms with Gasteiger partial charge >= 0.3 is 0 Å². The lowest BCUT2D eigenvalue weighted by molar-refractivity contribution is 0.241. The first-order valence-electron chi connectivity index (χ1n) is 6.78. The van der Waals surface area contributed by atoms with Crippen molar-refractivity contribution < 1.29 is 0 Å². The van der Waals surface area contributed by atoms with Crippen molar-refractivity contribution in [1.82, 2.24) is 14.9 Å². The van der Waals surface area contributed by atoms with Gasteiger partial charge in [-0.1, -0.05) is 23.2 Å². The van der Waals surface area contributed by atoms with Crippen LogP contribution in [0.15, 0.2) is 23.0 Å². The van der Waals surface area contributed by atoms with Crippen LogP contribution in [0.5, 0.6) is 0 Å². The summed E-state index contributed by atoms with van der Waals surface area (Å²) in [6.45, 7) is 3.92. The second-order valence-electron chi connectivity index (χ2n) is 5.27. The van der Waals surface area contributed by atoms with E-state index in [1.165, 1.54) is 0 Å². The zero-order valence-electron chi connectivity index (χ0n) is 11.6. The molecule has 110 valence electrons. The van der Waals surface area contributed by atoms with Gasteiger partial charge in [0.15, 0.2) is 0 Å². The Kier molecular flexibility index (Phi) is 4.02. The lowest BCUT2D eigenvalue weighted by Crippen LogP contribution is -2.35. The number of H-pyrrole nitrogens is 1. The Morgan fingerprint density at radius 1 is 1.38 bits per heavy atom. The van der Waals surface area contributed by atoms with Crippen molar-refractivity contribution in [3.05, 3.63) is 61.2 Å². The Balaban J connectivity index is 1.83. The topological polar surface area (TPSA) is 49.0 Å². The van der Waals surface area contributed by atoms with Crippen molar-refractivity contribution in [2.45, 2.75) is 26.4 Å². The Morgan fingerprint density at radius 2 is 2.19 bits per heavy atom. The van der Waals surface area contributed by atoms with Crippen molar-refractivity contribution in [2.75, 3.05) is 6.54 Å². The van der Waals surface area contributed by atoms with E-state index in [4.69, 9.17) is 23.2 Å². The van der Waals surface area contributed by atoms with Gasteiger partial charge in [0.05, 0.1) is 11.3 Å². The van der Waals surface area contributed by atoms with Gasteiger partial charge in [-0.2, -0.15) is 0 Å². The maximum Gasteiger partial charge on any atom is 0.255 e. The van der Waals surface area contributed by atoms with Crippen LogP contribution in [0.25, 0.3) is 0 Å². The molecule has 2 aromatic rings. The summed E-state index contributed by atoms with van der Waals surface area (Å²) in [4.78, 5) is 21.4. The normalized spacial score (nSPS) is 15.0. The van der Waals surface area contributed by atoms with E-state index in [0.717, 1.165) is 29.8 Å². The zero-order valence-corrected chi connectivity index (χ0v) is 13.1. The number of fused-ring (bicyclic) bond motifs is 1. The molecule has 3 rings (SSSR count). The van der Waals surface area contributed by atoms with Crippen LogP contribution in [0.1, 0.15) is 22.6 Å². The quantitative estimate of drug-likeness (QED) is 0.924. The highest BCUT2D eigenvalue weighted by atomic mass is 35.5. The average molecular weight is 324 g/mol. The van der Waals surface area contributed by atoms with Crippen LogP contribution in [0, 0.1) is 6.92 Å². The summed E-state index contributed by atoms with van der Waals surface area (Å²) in [5.41, 5.74) is 2.60. The molecule has 2 heterocycles. The van der Waals surface area contributed by atoms with Crippen LogP contribution in [-0.4, -0.2) is 21.4 Å². The summed E-state index contributed by atoms with van der Waals surface area (Å²) in [6, 6.07) is 5.45. The first-order chi connectivity index (χ1) is 10.0. The van der Waals surface area contributed by atoms with Crippen molar-refractivity contribution in [3.8, 4) is 0 Å². The van der Waals surface area contributed by atoms with Crippen LogP contribution >= 0.6 is 23.2 Å². The third-order valence-electron chi connectivity index (χ3n) is 3.67. The molecule has 0 atom stereocenters. The number of aromatic nitrogens is 2. The molecule has 0 fully saturated rings. The molecule has 1 aliphatic rings. The van der Waals surface area contributed by atoms with E-state index >= 15 is 0 Å². The van der Waals surface area contributed by atoms with Crippen LogP contribution in [0.4, 0.5) is 0 Å². The van der Waals surface area contributed by atoms with Crippen LogP contribution in [0.3, 0.4) is 0 Å². The highest BCUT2D eigenvalue weighted by Gasteiger charge is 2.21. The van der Waals surface area contributed by atoms with E-state index in [2.05, 4.69) is 14.9 Å². The fourth-order valence-corrected chi connectivity index (χ4v) is 3.02. The Bertz CT molecular complexity index is 742. The average Bonchev–Trinajstić information content (AvgIpc) is 2.43. The van der Waals surface area contributed by atoms with Gasteiger partial charge in [0.1, 0.15) is 5.82 Å². The minimum absolute atomic E-state index is 0.0422. The van der Waals surface area contributed by atoms with E-state index in [1.54, 1.807) is 19.1 Å². The molecular weight excluding hydrogens is 309 g/mol. The van der Waals surface area contributed by atoms with Crippen molar-refractivity contribution >= 4 is 23.2 Å². The van der Waals surface area contributed by atoms with Gasteiger partial charge in [-0.25, -0.2) is 4.98 Å². The summed E-state index contributed by atoms with van der Waals surface area (Å²) in [7, 11) is 0. The van der Waals surface area contributed by atoms with Gasteiger partial charge in [-0.15, -0.1) is 0 Å². The molecule has 0 aliphatic carbocycles. The Hall–Kier alpha value is -1.36. The third kappa shape index (κ3) is 3.12. The van der Waals surface area contributed by atoms with Gasteiger partial charge in [0.2, 0.25) is 0 Å². The monoisotopic (exact) mass is 323 g/mol. The zero-order chi connectivity index (χ0) is 15.0. The van der Waals surface area contributed by atoms with Gasteiger partial charge in [-0.3, -0.25) is 9.69 Å². The highest BCUT2D eigenvalue weighted by molar-refractivity contribution is 6.33. The summed E-state index contributed by atoms with van der Waals surface area (Å²) in [6.07, 6.45) is 0.776. The summed E-state index contributed by atoms with van der Waals surface area (Å²) in [5, 5.41) is 1.36. The third-order valence-corrected chi connectivity index (χ3v) is 4.27. The molecule has 0 amide bonds. The van der Waals surface area contributed by atoms with E-state index in [1.807, 2.05) is 6.07 Å². The molecule has 0 unspecified atom stereocenters. The number of hydrogen-bond acceptors (Lipinski definition) is 3. The molecule has 0 saturated heterocycles. The molecule has 1 N–H and O–H groups in total. The number of hydrogen-bond donors (Lipinski definition) is 1. The summed E-state index contributed by atoms with van der Waals surface area (Å²) < 4.78 is 0. The van der Waals surface area contributed by atoms with Crippen LogP contribution in [-0.2, 0) is 19.5 Å². The lowest BCUT2D eigenvalue weighted by Gasteiger charge is -2.27. The smallest absolute Gasteiger partial charge is 0.255 e. The first-order valence-corrected chi connectivity index (χ1v) is 7.53. The van der Waals surface area contributed by atoms with Crippen molar-refractivity contribution in [1.29, 1.82) is 0 Å². The van der Waals surface area contributed by atoms with E-state index in [9.17, 15) is 4.79 Å². The Morgan fingerprint density at radius 3 is 3.00 bits per heavy atom. The predicted molar refractivity (Wildman–Crippen MR) is 83.9 cm³/mol. The fraction of sp³-hybridized carbons (Fsp3) is 0.333. The lowest BCUT2D eigenvalue weighted by atomic mass is 10.1. The number of halogens is 2. The van der Waals surface area contributed by atoms with E-state index in [-0.39, 0.29) is 5.56 Å². The summed E-state index contributed by atoms with van der Waals surface area (Å²) >= 11 is 12.2. The number of aryl methyl sites for hydroxylation is 1. The SMILES string of the molecule is Cc1nc2c(c(=O)[nH]1)CN(Cc1cc(Cl)ccc1Cl)CC2. The second-order valence-corrected chi connectivity index (χ2v) is 6.12. The standard InChI is InChI=1S/C15H15Cl2N3O/c1-9-18-14-4-5-20(8-12(14)15(21)19-9)7-10-6-11(16)2-3-13(10)17/h2-3,6H,4-5,7-8H2,1H3,(H,18,19,21). The molecule has 0 bridgehead atoms. The molecule has 6 heteroatoms. The largest absolute Gasteiger partial charge is 0.310 e. The van der Waals surface area contributed by atoms with Crippen molar-refractivity contribution in [3.63, 3.8) is 0 Å². The first kappa shape index (κ1) is 14.6. The maximum absolute atomic E-state index is 12.0. The summed E-state index contributed by atoms with van der Waals surface area (Å²) in [5.74, 6) is 0.671. The molecule has 0 radical (unpaired) electrons. The number of benzene rings is 1. The molecule has 1 aromatic carbocycles. The molecular formula is C15H15Cl2N3O.